The van der Waals surface area contributed by atoms with Gasteiger partial charge in [-0.1, -0.05) is 79.6 Å². The molecule has 0 nitrogen and oxygen atoms in total. The van der Waals surface area contributed by atoms with E-state index >= 15 is 0 Å². The molecule has 0 heteroatoms. The summed E-state index contributed by atoms with van der Waals surface area (Å²) in [5.74, 6) is 2.73. The van der Waals surface area contributed by atoms with E-state index in [1.165, 1.54) is 44.9 Å². The van der Waals surface area contributed by atoms with Gasteiger partial charge in [0.2, 0.25) is 0 Å². The van der Waals surface area contributed by atoms with Gasteiger partial charge in [-0.25, -0.2) is 0 Å². The number of rotatable bonds is 9. The molecule has 0 aromatic rings. The molecule has 0 aliphatic carbocycles. The van der Waals surface area contributed by atoms with Crippen LogP contribution in [0.2, 0.25) is 0 Å². The molecule has 0 spiro atoms. The minimum absolute atomic E-state index is 0.875. The van der Waals surface area contributed by atoms with E-state index in [-0.39, 0.29) is 0 Å². The van der Waals surface area contributed by atoms with Gasteiger partial charge in [0.15, 0.2) is 0 Å². The van der Waals surface area contributed by atoms with Crippen molar-refractivity contribution in [3.63, 3.8) is 0 Å². The van der Waals surface area contributed by atoms with Gasteiger partial charge in [0.1, 0.15) is 0 Å². The lowest BCUT2D eigenvalue weighted by Crippen LogP contribution is -2.09. The van der Waals surface area contributed by atoms with Crippen LogP contribution in [-0.2, 0) is 0 Å². The molecule has 15 heavy (non-hydrogen) atoms. The minimum Gasteiger partial charge on any atom is -0.0654 e. The SMILES string of the molecule is CCCCCCC(C)C(C)CCC(C)C. The first-order valence-electron chi connectivity index (χ1n) is 7.07. The van der Waals surface area contributed by atoms with Gasteiger partial charge in [0.25, 0.3) is 0 Å². The van der Waals surface area contributed by atoms with Crippen molar-refractivity contribution < 1.29 is 0 Å². The van der Waals surface area contributed by atoms with Gasteiger partial charge in [0, 0.05) is 0 Å². The van der Waals surface area contributed by atoms with Gasteiger partial charge in [-0.05, 0) is 17.8 Å². The Kier molecular flexibility index (Phi) is 9.24. The second-order valence-electron chi connectivity index (χ2n) is 5.78. The zero-order valence-electron chi connectivity index (χ0n) is 11.7. The molecule has 0 aromatic heterocycles. The monoisotopic (exact) mass is 212 g/mol. The van der Waals surface area contributed by atoms with Crippen molar-refractivity contribution in [2.24, 2.45) is 17.8 Å². The predicted octanol–water partition coefficient (Wildman–Crippen LogP) is 5.67. The average molecular weight is 212 g/mol. The van der Waals surface area contributed by atoms with Crippen molar-refractivity contribution in [2.45, 2.75) is 79.6 Å². The van der Waals surface area contributed by atoms with Crippen LogP contribution in [-0.4, -0.2) is 0 Å². The van der Waals surface area contributed by atoms with Crippen LogP contribution in [0.25, 0.3) is 0 Å². The number of hydrogen-bond acceptors (Lipinski definition) is 0. The van der Waals surface area contributed by atoms with Gasteiger partial charge in [0.05, 0.1) is 0 Å². The molecule has 0 heterocycles. The van der Waals surface area contributed by atoms with Crippen LogP contribution in [0.1, 0.15) is 79.6 Å². The number of hydrogen-bond donors (Lipinski definition) is 0. The largest absolute Gasteiger partial charge is 0.0654 e. The van der Waals surface area contributed by atoms with E-state index in [2.05, 4.69) is 34.6 Å². The molecule has 0 saturated carbocycles. The normalized spacial score (nSPS) is 15.6. The lowest BCUT2D eigenvalue weighted by atomic mass is 9.86. The smallest absolute Gasteiger partial charge is 0.0417 e. The van der Waals surface area contributed by atoms with Gasteiger partial charge in [-0.15, -0.1) is 0 Å². The maximum absolute atomic E-state index is 2.44. The van der Waals surface area contributed by atoms with Crippen LogP contribution >= 0.6 is 0 Å². The summed E-state index contributed by atoms with van der Waals surface area (Å²) in [6, 6.07) is 0. The first kappa shape index (κ1) is 15.0. The highest BCUT2D eigenvalue weighted by Crippen LogP contribution is 2.24. The van der Waals surface area contributed by atoms with E-state index in [1.807, 2.05) is 0 Å². The lowest BCUT2D eigenvalue weighted by molar-refractivity contribution is 0.312. The Balaban J connectivity index is 3.46. The Morgan fingerprint density at radius 2 is 1.27 bits per heavy atom. The molecule has 0 aliphatic heterocycles. The molecule has 0 bridgehead atoms. The van der Waals surface area contributed by atoms with Crippen molar-refractivity contribution in [1.82, 2.24) is 0 Å². The van der Waals surface area contributed by atoms with Gasteiger partial charge in [-0.2, -0.15) is 0 Å². The van der Waals surface area contributed by atoms with Crippen LogP contribution in [0, 0.1) is 17.8 Å². The van der Waals surface area contributed by atoms with Crippen molar-refractivity contribution in [1.29, 1.82) is 0 Å². The third-order valence-corrected chi connectivity index (χ3v) is 3.68. The van der Waals surface area contributed by atoms with Crippen molar-refractivity contribution >= 4 is 0 Å². The summed E-state index contributed by atoms with van der Waals surface area (Å²) in [6.45, 7) is 11.8. The molecule has 0 fully saturated rings. The Morgan fingerprint density at radius 1 is 0.667 bits per heavy atom. The predicted molar refractivity (Wildman–Crippen MR) is 71.2 cm³/mol. The van der Waals surface area contributed by atoms with Crippen molar-refractivity contribution in [2.75, 3.05) is 0 Å². The highest BCUT2D eigenvalue weighted by atomic mass is 14.2. The fourth-order valence-corrected chi connectivity index (χ4v) is 2.06. The molecule has 0 rings (SSSR count). The van der Waals surface area contributed by atoms with Crippen LogP contribution in [0.4, 0.5) is 0 Å². The van der Waals surface area contributed by atoms with Crippen molar-refractivity contribution in [3.8, 4) is 0 Å². The Labute approximate surface area is 97.8 Å². The zero-order valence-corrected chi connectivity index (χ0v) is 11.7. The summed E-state index contributed by atoms with van der Waals surface area (Å²) in [6.07, 6.45) is 9.94. The van der Waals surface area contributed by atoms with E-state index < -0.39 is 0 Å². The topological polar surface area (TPSA) is 0 Å². The zero-order chi connectivity index (χ0) is 11.7. The van der Waals surface area contributed by atoms with E-state index in [0.29, 0.717) is 0 Å². The summed E-state index contributed by atoms with van der Waals surface area (Å²) >= 11 is 0. The highest BCUT2D eigenvalue weighted by Gasteiger charge is 2.12. The summed E-state index contributed by atoms with van der Waals surface area (Å²) in [4.78, 5) is 0. The minimum atomic E-state index is 0.875. The van der Waals surface area contributed by atoms with E-state index in [1.54, 1.807) is 0 Å². The van der Waals surface area contributed by atoms with Crippen LogP contribution in [0.3, 0.4) is 0 Å². The Morgan fingerprint density at radius 3 is 1.80 bits per heavy atom. The molecule has 0 radical (unpaired) electrons. The van der Waals surface area contributed by atoms with Gasteiger partial charge in [-0.3, -0.25) is 0 Å². The maximum atomic E-state index is 2.44. The van der Waals surface area contributed by atoms with E-state index in [4.69, 9.17) is 0 Å². The molecule has 0 amide bonds. The quantitative estimate of drug-likeness (QED) is 0.432. The second kappa shape index (κ2) is 9.24. The van der Waals surface area contributed by atoms with Crippen LogP contribution in [0.5, 0.6) is 0 Å². The first-order chi connectivity index (χ1) is 7.07. The number of unbranched alkanes of at least 4 members (excludes halogenated alkanes) is 3. The Hall–Kier alpha value is 0. The van der Waals surface area contributed by atoms with Gasteiger partial charge >= 0.3 is 0 Å². The third kappa shape index (κ3) is 8.96. The lowest BCUT2D eigenvalue weighted by Gasteiger charge is -2.20. The fourth-order valence-electron chi connectivity index (χ4n) is 2.06. The molecule has 0 saturated heterocycles. The molecule has 92 valence electrons. The fraction of sp³-hybridized carbons (Fsp3) is 1.00. The molecular weight excluding hydrogens is 180 g/mol. The first-order valence-corrected chi connectivity index (χ1v) is 7.07. The van der Waals surface area contributed by atoms with Crippen LogP contribution in [0.15, 0.2) is 0 Å². The van der Waals surface area contributed by atoms with Gasteiger partial charge < -0.3 is 0 Å². The summed E-state index contributed by atoms with van der Waals surface area (Å²) in [7, 11) is 0. The van der Waals surface area contributed by atoms with Crippen molar-refractivity contribution in [3.05, 3.63) is 0 Å². The summed E-state index contributed by atoms with van der Waals surface area (Å²) in [5, 5.41) is 0. The van der Waals surface area contributed by atoms with E-state index in [0.717, 1.165) is 17.8 Å². The highest BCUT2D eigenvalue weighted by molar-refractivity contribution is 4.63. The molecule has 0 aliphatic rings. The molecular formula is C15H32. The summed E-state index contributed by atoms with van der Waals surface area (Å²) in [5.41, 5.74) is 0. The molecule has 0 aromatic carbocycles. The molecule has 0 N–H and O–H groups in total. The van der Waals surface area contributed by atoms with Crippen LogP contribution < -0.4 is 0 Å². The molecule has 2 atom stereocenters. The maximum Gasteiger partial charge on any atom is -0.0417 e. The van der Waals surface area contributed by atoms with E-state index in [9.17, 15) is 0 Å². The average Bonchev–Trinajstić information content (AvgIpc) is 2.20. The third-order valence-electron chi connectivity index (χ3n) is 3.68. The standard InChI is InChI=1S/C15H32/c1-6-7-8-9-10-14(4)15(5)12-11-13(2)3/h13-15H,6-12H2,1-5H3. The summed E-state index contributed by atoms with van der Waals surface area (Å²) < 4.78 is 0. The second-order valence-corrected chi connectivity index (χ2v) is 5.78. The Bertz CT molecular complexity index is 126. The molecule has 2 unspecified atom stereocenters.